The molecular weight excluding hydrogens is 226 g/mol. The van der Waals surface area contributed by atoms with Crippen molar-refractivity contribution < 1.29 is 4.74 Å². The average molecular weight is 243 g/mol. The summed E-state index contributed by atoms with van der Waals surface area (Å²) in [6, 6.07) is 8.64. The Balaban J connectivity index is 2.12. The predicted octanol–water partition coefficient (Wildman–Crippen LogP) is 2.11. The third-order valence-corrected chi connectivity index (χ3v) is 3.52. The van der Waals surface area contributed by atoms with E-state index in [1.54, 1.807) is 7.11 Å². The molecule has 0 bridgehead atoms. The molecule has 0 spiro atoms. The molecule has 94 valence electrons. The molecule has 1 saturated heterocycles. The molecule has 4 heteroatoms. The van der Waals surface area contributed by atoms with Crippen molar-refractivity contribution in [1.82, 2.24) is 15.3 Å². The molecule has 1 aromatic heterocycles. The number of nitrogens with one attached hydrogen (secondary N) is 1. The van der Waals surface area contributed by atoms with Gasteiger partial charge in [0.1, 0.15) is 0 Å². The van der Waals surface area contributed by atoms with E-state index in [1.165, 1.54) is 0 Å². The summed E-state index contributed by atoms with van der Waals surface area (Å²) in [4.78, 5) is 8.98. The average Bonchev–Trinajstić information content (AvgIpc) is 2.47. The van der Waals surface area contributed by atoms with Crippen LogP contribution in [-0.2, 0) is 0 Å². The van der Waals surface area contributed by atoms with Gasteiger partial charge < -0.3 is 10.1 Å². The van der Waals surface area contributed by atoms with Gasteiger partial charge in [-0.3, -0.25) is 0 Å². The summed E-state index contributed by atoms with van der Waals surface area (Å²) in [6.45, 7) is 2.12. The van der Waals surface area contributed by atoms with Crippen LogP contribution in [0.5, 0.6) is 6.01 Å². The van der Waals surface area contributed by atoms with Gasteiger partial charge in [0.25, 0.3) is 0 Å². The number of rotatable bonds is 2. The van der Waals surface area contributed by atoms with Crippen molar-refractivity contribution in [3.05, 3.63) is 30.0 Å². The molecule has 4 nitrogen and oxygen atoms in total. The number of nitrogens with zero attached hydrogens (tertiary/aromatic N) is 2. The second kappa shape index (κ2) is 4.90. The van der Waals surface area contributed by atoms with E-state index in [9.17, 15) is 0 Å². The fourth-order valence-electron chi connectivity index (χ4n) is 2.58. The highest BCUT2D eigenvalue weighted by Gasteiger charge is 2.20. The summed E-state index contributed by atoms with van der Waals surface area (Å²) in [5.74, 6) is 0.507. The quantitative estimate of drug-likeness (QED) is 0.877. The highest BCUT2D eigenvalue weighted by molar-refractivity contribution is 5.81. The van der Waals surface area contributed by atoms with E-state index in [2.05, 4.69) is 21.4 Å². The fraction of sp³-hybridized carbons (Fsp3) is 0.429. The molecule has 2 heterocycles. The number of fused-ring (bicyclic) bond motifs is 1. The monoisotopic (exact) mass is 243 g/mol. The molecule has 0 saturated carbocycles. The maximum atomic E-state index is 5.22. The van der Waals surface area contributed by atoms with Crippen LogP contribution < -0.4 is 10.1 Å². The normalized spacial score (nSPS) is 16.9. The summed E-state index contributed by atoms with van der Waals surface area (Å²) >= 11 is 0. The zero-order valence-electron chi connectivity index (χ0n) is 10.5. The third-order valence-electron chi connectivity index (χ3n) is 3.52. The van der Waals surface area contributed by atoms with Crippen LogP contribution in [0.3, 0.4) is 0 Å². The second-order valence-electron chi connectivity index (χ2n) is 4.64. The Morgan fingerprint density at radius 3 is 2.72 bits per heavy atom. The van der Waals surface area contributed by atoms with Crippen LogP contribution in [0.25, 0.3) is 10.9 Å². The SMILES string of the molecule is COc1nc(C2CCNCC2)c2ccccc2n1. The minimum absolute atomic E-state index is 0.474. The maximum absolute atomic E-state index is 5.22. The van der Waals surface area contributed by atoms with Crippen molar-refractivity contribution in [2.45, 2.75) is 18.8 Å². The van der Waals surface area contributed by atoms with Gasteiger partial charge in [0.05, 0.1) is 18.3 Å². The van der Waals surface area contributed by atoms with E-state index in [0.29, 0.717) is 11.9 Å². The number of hydrogen-bond donors (Lipinski definition) is 1. The Labute approximate surface area is 106 Å². The van der Waals surface area contributed by atoms with Crippen LogP contribution >= 0.6 is 0 Å². The first-order valence-electron chi connectivity index (χ1n) is 6.40. The number of benzene rings is 1. The summed E-state index contributed by atoms with van der Waals surface area (Å²) < 4.78 is 5.22. The summed E-state index contributed by atoms with van der Waals surface area (Å²) in [7, 11) is 1.62. The van der Waals surface area contributed by atoms with Crippen LogP contribution in [0.1, 0.15) is 24.5 Å². The van der Waals surface area contributed by atoms with Gasteiger partial charge in [-0.05, 0) is 32.0 Å². The zero-order valence-corrected chi connectivity index (χ0v) is 10.5. The second-order valence-corrected chi connectivity index (χ2v) is 4.64. The lowest BCUT2D eigenvalue weighted by molar-refractivity contribution is 0.375. The maximum Gasteiger partial charge on any atom is 0.316 e. The molecule has 1 aliphatic heterocycles. The van der Waals surface area contributed by atoms with Crippen LogP contribution in [-0.4, -0.2) is 30.2 Å². The van der Waals surface area contributed by atoms with E-state index in [0.717, 1.165) is 42.5 Å². The van der Waals surface area contributed by atoms with E-state index in [4.69, 9.17) is 4.74 Å². The van der Waals surface area contributed by atoms with Crippen molar-refractivity contribution in [2.75, 3.05) is 20.2 Å². The van der Waals surface area contributed by atoms with Gasteiger partial charge in [0, 0.05) is 11.3 Å². The zero-order chi connectivity index (χ0) is 12.4. The highest BCUT2D eigenvalue weighted by Crippen LogP contribution is 2.30. The van der Waals surface area contributed by atoms with Crippen molar-refractivity contribution in [2.24, 2.45) is 0 Å². The third kappa shape index (κ3) is 2.04. The molecule has 1 aromatic carbocycles. The van der Waals surface area contributed by atoms with Crippen LogP contribution in [0.2, 0.25) is 0 Å². The summed E-state index contributed by atoms with van der Waals surface area (Å²) in [6.07, 6.45) is 2.26. The van der Waals surface area contributed by atoms with Crippen LogP contribution in [0.4, 0.5) is 0 Å². The lowest BCUT2D eigenvalue weighted by Crippen LogP contribution is -2.27. The number of piperidine rings is 1. The molecule has 1 aliphatic rings. The standard InChI is InChI=1S/C14H17N3O/c1-18-14-16-12-5-3-2-4-11(12)13(17-14)10-6-8-15-9-7-10/h2-5,10,15H,6-9H2,1H3. The minimum Gasteiger partial charge on any atom is -0.467 e. The number of ether oxygens (including phenoxy) is 1. The lowest BCUT2D eigenvalue weighted by atomic mass is 9.92. The molecule has 0 atom stereocenters. The van der Waals surface area contributed by atoms with Gasteiger partial charge in [-0.2, -0.15) is 9.97 Å². The molecule has 1 N–H and O–H groups in total. The smallest absolute Gasteiger partial charge is 0.316 e. The Bertz CT molecular complexity index is 550. The first kappa shape index (κ1) is 11.4. The number of hydrogen-bond acceptors (Lipinski definition) is 4. The largest absolute Gasteiger partial charge is 0.467 e. The van der Waals surface area contributed by atoms with Gasteiger partial charge in [-0.1, -0.05) is 18.2 Å². The van der Waals surface area contributed by atoms with Crippen molar-refractivity contribution >= 4 is 10.9 Å². The van der Waals surface area contributed by atoms with E-state index in [-0.39, 0.29) is 0 Å². The molecule has 0 radical (unpaired) electrons. The van der Waals surface area contributed by atoms with Gasteiger partial charge in [-0.25, -0.2) is 0 Å². The van der Waals surface area contributed by atoms with Gasteiger partial charge >= 0.3 is 6.01 Å². The van der Waals surface area contributed by atoms with Gasteiger partial charge in [-0.15, -0.1) is 0 Å². The van der Waals surface area contributed by atoms with Crippen LogP contribution in [0, 0.1) is 0 Å². The summed E-state index contributed by atoms with van der Waals surface area (Å²) in [5, 5.41) is 4.54. The number of aromatic nitrogens is 2. The van der Waals surface area contributed by atoms with Crippen molar-refractivity contribution in [3.8, 4) is 6.01 Å². The van der Waals surface area contributed by atoms with E-state index in [1.807, 2.05) is 18.2 Å². The van der Waals surface area contributed by atoms with Gasteiger partial charge in [0.2, 0.25) is 0 Å². The lowest BCUT2D eigenvalue weighted by Gasteiger charge is -2.23. The Hall–Kier alpha value is -1.68. The van der Waals surface area contributed by atoms with Crippen molar-refractivity contribution in [3.63, 3.8) is 0 Å². The Morgan fingerprint density at radius 2 is 1.94 bits per heavy atom. The predicted molar refractivity (Wildman–Crippen MR) is 70.9 cm³/mol. The highest BCUT2D eigenvalue weighted by atomic mass is 16.5. The topological polar surface area (TPSA) is 47.0 Å². The molecule has 18 heavy (non-hydrogen) atoms. The fourth-order valence-corrected chi connectivity index (χ4v) is 2.58. The van der Waals surface area contributed by atoms with E-state index >= 15 is 0 Å². The van der Waals surface area contributed by atoms with Crippen LogP contribution in [0.15, 0.2) is 24.3 Å². The minimum atomic E-state index is 0.474. The molecular formula is C14H17N3O. The van der Waals surface area contributed by atoms with Crippen molar-refractivity contribution in [1.29, 1.82) is 0 Å². The number of methoxy groups -OCH3 is 1. The van der Waals surface area contributed by atoms with E-state index < -0.39 is 0 Å². The molecule has 2 aromatic rings. The molecule has 0 aliphatic carbocycles. The first-order valence-corrected chi connectivity index (χ1v) is 6.40. The molecule has 0 amide bonds. The molecule has 1 fully saturated rings. The summed E-state index contributed by atoms with van der Waals surface area (Å²) in [5.41, 5.74) is 2.11. The molecule has 0 unspecified atom stereocenters. The number of para-hydroxylation sites is 1. The van der Waals surface area contributed by atoms with Gasteiger partial charge in [0.15, 0.2) is 0 Å². The first-order chi connectivity index (χ1) is 8.88. The molecule has 3 rings (SSSR count). The Morgan fingerprint density at radius 1 is 1.17 bits per heavy atom. The Kier molecular flexibility index (Phi) is 3.11.